The van der Waals surface area contributed by atoms with Crippen molar-refractivity contribution in [1.82, 2.24) is 0 Å². The highest BCUT2D eigenvalue weighted by atomic mass is 19.4. The fourth-order valence-corrected chi connectivity index (χ4v) is 2.48. The smallest absolute Gasteiger partial charge is 0.325 e. The van der Waals surface area contributed by atoms with E-state index < -0.39 is 17.6 Å². The number of alkyl halides is 3. The zero-order valence-electron chi connectivity index (χ0n) is 14.4. The van der Waals surface area contributed by atoms with Crippen molar-refractivity contribution in [3.63, 3.8) is 0 Å². The number of carbonyl (C=O) groups excluding carboxylic acids is 2. The van der Waals surface area contributed by atoms with E-state index >= 15 is 0 Å². The van der Waals surface area contributed by atoms with Crippen molar-refractivity contribution in [2.45, 2.75) is 19.5 Å². The Morgan fingerprint density at radius 3 is 2.48 bits per heavy atom. The molecule has 0 aromatic heterocycles. The van der Waals surface area contributed by atoms with Gasteiger partial charge in [0.25, 0.3) is 0 Å². The van der Waals surface area contributed by atoms with Crippen LogP contribution in [0.1, 0.15) is 24.5 Å². The number of nitriles is 1. The van der Waals surface area contributed by atoms with E-state index in [0.29, 0.717) is 11.3 Å². The van der Waals surface area contributed by atoms with Crippen molar-refractivity contribution in [3.8, 4) is 6.07 Å². The molecule has 0 aliphatic rings. The summed E-state index contributed by atoms with van der Waals surface area (Å²) in [5.41, 5.74) is -0.494. The van der Waals surface area contributed by atoms with E-state index in [2.05, 4.69) is 5.32 Å². The lowest BCUT2D eigenvalue weighted by atomic mass is 10.1. The van der Waals surface area contributed by atoms with Gasteiger partial charge in [-0.25, -0.2) is 0 Å². The van der Waals surface area contributed by atoms with E-state index in [1.54, 1.807) is 18.2 Å². The number of carbonyl (C=O) groups is 2. The van der Waals surface area contributed by atoms with Gasteiger partial charge in [-0.3, -0.25) is 9.59 Å². The predicted octanol–water partition coefficient (Wildman–Crippen LogP) is 3.96. The molecule has 2 rings (SSSR count). The molecule has 0 atom stereocenters. The molecule has 2 amide bonds. The average Bonchev–Trinajstić information content (AvgIpc) is 2.61. The Kier molecular flexibility index (Phi) is 6.19. The number of nitrogens with zero attached hydrogens (tertiary/aromatic N) is 2. The molecule has 2 aromatic carbocycles. The number of hydrogen-bond acceptors (Lipinski definition) is 3. The van der Waals surface area contributed by atoms with Gasteiger partial charge in [-0.15, -0.1) is 0 Å². The largest absolute Gasteiger partial charge is 0.418 e. The van der Waals surface area contributed by atoms with Gasteiger partial charge in [-0.2, -0.15) is 18.4 Å². The normalized spacial score (nSPS) is 10.8. The number of rotatable bonds is 5. The fourth-order valence-electron chi connectivity index (χ4n) is 2.48. The third-order valence-electron chi connectivity index (χ3n) is 3.74. The topological polar surface area (TPSA) is 73.2 Å². The molecule has 0 fully saturated rings. The minimum atomic E-state index is -4.59. The summed E-state index contributed by atoms with van der Waals surface area (Å²) in [5.74, 6) is -1.01. The Bertz CT molecular complexity index is 888. The Morgan fingerprint density at radius 1 is 1.15 bits per heavy atom. The molecule has 27 heavy (non-hydrogen) atoms. The first-order valence-electron chi connectivity index (χ1n) is 7.96. The van der Waals surface area contributed by atoms with E-state index in [4.69, 9.17) is 5.26 Å². The molecule has 5 nitrogen and oxygen atoms in total. The van der Waals surface area contributed by atoms with Crippen molar-refractivity contribution in [3.05, 3.63) is 59.7 Å². The molecule has 0 aliphatic heterocycles. The molecule has 0 radical (unpaired) electrons. The van der Waals surface area contributed by atoms with Gasteiger partial charge < -0.3 is 10.2 Å². The Hall–Kier alpha value is -3.34. The summed E-state index contributed by atoms with van der Waals surface area (Å²) in [4.78, 5) is 25.3. The van der Waals surface area contributed by atoms with E-state index in [1.165, 1.54) is 36.1 Å². The molecule has 1 N–H and O–H groups in total. The van der Waals surface area contributed by atoms with Crippen LogP contribution in [-0.2, 0) is 15.8 Å². The molecule has 0 bridgehead atoms. The van der Waals surface area contributed by atoms with Crippen molar-refractivity contribution in [2.24, 2.45) is 0 Å². The second-order valence-corrected chi connectivity index (χ2v) is 5.67. The highest BCUT2D eigenvalue weighted by Crippen LogP contribution is 2.34. The van der Waals surface area contributed by atoms with Gasteiger partial charge in [0.1, 0.15) is 0 Å². The lowest BCUT2D eigenvalue weighted by Crippen LogP contribution is -2.32. The molecule has 8 heteroatoms. The van der Waals surface area contributed by atoms with Crippen molar-refractivity contribution in [1.29, 1.82) is 5.26 Å². The summed E-state index contributed by atoms with van der Waals surface area (Å²) >= 11 is 0. The van der Waals surface area contributed by atoms with Crippen LogP contribution in [0.3, 0.4) is 0 Å². The van der Waals surface area contributed by atoms with Gasteiger partial charge in [0.2, 0.25) is 11.8 Å². The van der Waals surface area contributed by atoms with Gasteiger partial charge in [0, 0.05) is 25.6 Å². The van der Waals surface area contributed by atoms with Crippen LogP contribution >= 0.6 is 0 Å². The fraction of sp³-hybridized carbons (Fsp3) is 0.211. The number of benzene rings is 2. The van der Waals surface area contributed by atoms with Crippen LogP contribution in [0, 0.1) is 11.3 Å². The lowest BCUT2D eigenvalue weighted by Gasteiger charge is -2.21. The molecule has 140 valence electrons. The minimum Gasteiger partial charge on any atom is -0.325 e. The molecule has 0 unspecified atom stereocenters. The third-order valence-corrected chi connectivity index (χ3v) is 3.74. The first-order valence-corrected chi connectivity index (χ1v) is 7.96. The maximum absolute atomic E-state index is 13.0. The van der Waals surface area contributed by atoms with Crippen molar-refractivity contribution < 1.29 is 22.8 Å². The first-order chi connectivity index (χ1) is 12.7. The highest BCUT2D eigenvalue weighted by molar-refractivity contribution is 5.95. The molecular formula is C19H16F3N3O2. The average molecular weight is 375 g/mol. The quantitative estimate of drug-likeness (QED) is 0.860. The standard InChI is InChI=1S/C19H16F3N3O2/c1-13(26)25(15-6-4-5-14(11-15)12-23)10-9-18(27)24-17-8-3-2-7-16(17)19(20,21)22/h2-8,11H,9-10H2,1H3,(H,24,27). The van der Waals surface area contributed by atoms with E-state index in [9.17, 15) is 22.8 Å². The summed E-state index contributed by atoms with van der Waals surface area (Å²) in [6, 6.07) is 12.9. The van der Waals surface area contributed by atoms with Crippen LogP contribution < -0.4 is 10.2 Å². The summed E-state index contributed by atoms with van der Waals surface area (Å²) in [5, 5.41) is 11.2. The summed E-state index contributed by atoms with van der Waals surface area (Å²) in [6.45, 7) is 1.26. The SMILES string of the molecule is CC(=O)N(CCC(=O)Nc1ccccc1C(F)(F)F)c1cccc(C#N)c1. The molecule has 2 aromatic rings. The van der Waals surface area contributed by atoms with Crippen LogP contribution in [0.25, 0.3) is 0 Å². The van der Waals surface area contributed by atoms with Crippen LogP contribution in [-0.4, -0.2) is 18.4 Å². The second-order valence-electron chi connectivity index (χ2n) is 5.67. The van der Waals surface area contributed by atoms with E-state index in [0.717, 1.165) is 6.07 Å². The van der Waals surface area contributed by atoms with Crippen LogP contribution in [0.15, 0.2) is 48.5 Å². The van der Waals surface area contributed by atoms with Crippen LogP contribution in [0.5, 0.6) is 0 Å². The minimum absolute atomic E-state index is 0.0375. The molecular weight excluding hydrogens is 359 g/mol. The van der Waals surface area contributed by atoms with Gasteiger partial charge >= 0.3 is 6.18 Å². The Balaban J connectivity index is 2.10. The number of para-hydroxylation sites is 1. The second kappa shape index (κ2) is 8.36. The lowest BCUT2D eigenvalue weighted by molar-refractivity contribution is -0.137. The number of hydrogen-bond donors (Lipinski definition) is 1. The number of amides is 2. The highest BCUT2D eigenvalue weighted by Gasteiger charge is 2.33. The maximum Gasteiger partial charge on any atom is 0.418 e. The van der Waals surface area contributed by atoms with Crippen LogP contribution in [0.2, 0.25) is 0 Å². The Labute approximate surface area is 154 Å². The van der Waals surface area contributed by atoms with Gasteiger partial charge in [-0.05, 0) is 30.3 Å². The molecule has 0 saturated heterocycles. The summed E-state index contributed by atoms with van der Waals surface area (Å²) in [6.07, 6.45) is -4.80. The number of nitrogens with one attached hydrogen (secondary N) is 1. The zero-order chi connectivity index (χ0) is 20.0. The summed E-state index contributed by atoms with van der Waals surface area (Å²) < 4.78 is 38.9. The monoisotopic (exact) mass is 375 g/mol. The molecule has 0 spiro atoms. The number of halogens is 3. The third kappa shape index (κ3) is 5.31. The van der Waals surface area contributed by atoms with Crippen LogP contribution in [0.4, 0.5) is 24.5 Å². The van der Waals surface area contributed by atoms with Gasteiger partial charge in [0.05, 0.1) is 22.9 Å². The zero-order valence-corrected chi connectivity index (χ0v) is 14.4. The first kappa shape index (κ1) is 20.0. The molecule has 0 aliphatic carbocycles. The molecule has 0 heterocycles. The van der Waals surface area contributed by atoms with Gasteiger partial charge in [0.15, 0.2) is 0 Å². The van der Waals surface area contributed by atoms with E-state index in [-0.39, 0.29) is 24.6 Å². The summed E-state index contributed by atoms with van der Waals surface area (Å²) in [7, 11) is 0. The molecule has 0 saturated carbocycles. The maximum atomic E-state index is 13.0. The Morgan fingerprint density at radius 2 is 1.85 bits per heavy atom. The number of anilines is 2. The van der Waals surface area contributed by atoms with E-state index in [1.807, 2.05) is 6.07 Å². The van der Waals surface area contributed by atoms with Gasteiger partial charge in [-0.1, -0.05) is 18.2 Å². The predicted molar refractivity (Wildman–Crippen MR) is 93.9 cm³/mol. The van der Waals surface area contributed by atoms with Crippen molar-refractivity contribution >= 4 is 23.2 Å². The van der Waals surface area contributed by atoms with Crippen molar-refractivity contribution in [2.75, 3.05) is 16.8 Å².